The lowest BCUT2D eigenvalue weighted by Crippen LogP contribution is -2.44. The highest BCUT2D eigenvalue weighted by Gasteiger charge is 2.19. The highest BCUT2D eigenvalue weighted by molar-refractivity contribution is 7.90. The monoisotopic (exact) mass is 332 g/mol. The molecule has 0 saturated carbocycles. The summed E-state index contributed by atoms with van der Waals surface area (Å²) in [7, 11) is -1.94. The summed E-state index contributed by atoms with van der Waals surface area (Å²) in [4.78, 5) is 2.52. The first-order valence-electron chi connectivity index (χ1n) is 6.91. The zero-order valence-electron chi connectivity index (χ0n) is 12.4. The van der Waals surface area contributed by atoms with Crippen LogP contribution in [0.5, 0.6) is 5.75 Å². The van der Waals surface area contributed by atoms with E-state index in [-0.39, 0.29) is 10.6 Å². The number of rotatable bonds is 5. The van der Waals surface area contributed by atoms with E-state index in [1.165, 1.54) is 13.4 Å². The Morgan fingerprint density at radius 1 is 1.33 bits per heavy atom. The van der Waals surface area contributed by atoms with Crippen LogP contribution in [0.4, 0.5) is 0 Å². The van der Waals surface area contributed by atoms with Crippen molar-refractivity contribution in [2.24, 2.45) is 0 Å². The van der Waals surface area contributed by atoms with E-state index in [0.29, 0.717) is 5.02 Å². The van der Waals surface area contributed by atoms with E-state index >= 15 is 0 Å². The van der Waals surface area contributed by atoms with Gasteiger partial charge in [0.15, 0.2) is 15.6 Å². The molecule has 21 heavy (non-hydrogen) atoms. The smallest absolute Gasteiger partial charge is 0.179 e. The van der Waals surface area contributed by atoms with Crippen LogP contribution in [0, 0.1) is 0 Å². The Morgan fingerprint density at radius 3 is 2.57 bits per heavy atom. The number of nitrogens with one attached hydrogen (secondary N) is 1. The number of ether oxygens (including phenoxy) is 1. The maximum Gasteiger partial charge on any atom is 0.179 e. The van der Waals surface area contributed by atoms with Gasteiger partial charge in [-0.15, -0.1) is 0 Å². The standard InChI is InChI=1S/C14H21ClN2O3S/c1-20-14-12(15)9-11(10-13(14)21(2,18)19)3-6-17-7-4-16-5-8-17/h9-10,16H,3-8H2,1-2H3. The second kappa shape index (κ2) is 6.96. The van der Waals surface area contributed by atoms with Crippen molar-refractivity contribution < 1.29 is 13.2 Å². The summed E-state index contributed by atoms with van der Waals surface area (Å²) >= 11 is 6.15. The molecule has 0 aromatic heterocycles. The Bertz CT molecular complexity index is 598. The summed E-state index contributed by atoms with van der Waals surface area (Å²) in [6.45, 7) is 4.93. The van der Waals surface area contributed by atoms with E-state index in [9.17, 15) is 8.42 Å². The summed E-state index contributed by atoms with van der Waals surface area (Å²) in [5.74, 6) is 0.227. The van der Waals surface area contributed by atoms with Crippen LogP contribution in [0.3, 0.4) is 0 Å². The lowest BCUT2D eigenvalue weighted by Gasteiger charge is -2.27. The van der Waals surface area contributed by atoms with Crippen molar-refractivity contribution in [3.05, 3.63) is 22.7 Å². The summed E-state index contributed by atoms with van der Waals surface area (Å²) in [6.07, 6.45) is 1.94. The topological polar surface area (TPSA) is 58.6 Å². The van der Waals surface area contributed by atoms with Gasteiger partial charge in [-0.2, -0.15) is 0 Å². The minimum atomic E-state index is -3.37. The molecule has 118 valence electrons. The molecule has 1 aromatic carbocycles. The molecule has 0 amide bonds. The number of benzene rings is 1. The average Bonchev–Trinajstić information content (AvgIpc) is 2.44. The van der Waals surface area contributed by atoms with Gasteiger partial charge >= 0.3 is 0 Å². The molecule has 0 radical (unpaired) electrons. The Balaban J connectivity index is 2.18. The van der Waals surface area contributed by atoms with Crippen LogP contribution < -0.4 is 10.1 Å². The maximum absolute atomic E-state index is 11.9. The molecule has 0 bridgehead atoms. The van der Waals surface area contributed by atoms with Crippen molar-refractivity contribution in [3.8, 4) is 5.75 Å². The molecule has 1 aliphatic heterocycles. The van der Waals surface area contributed by atoms with Crippen LogP contribution in [0.25, 0.3) is 0 Å². The molecule has 1 fully saturated rings. The first kappa shape index (κ1) is 16.5. The Labute approximate surface area is 131 Å². The Morgan fingerprint density at radius 2 is 2.00 bits per heavy atom. The van der Waals surface area contributed by atoms with Crippen molar-refractivity contribution >= 4 is 21.4 Å². The van der Waals surface area contributed by atoms with Crippen LogP contribution in [-0.4, -0.2) is 59.4 Å². The fourth-order valence-electron chi connectivity index (χ4n) is 2.46. The van der Waals surface area contributed by atoms with Crippen molar-refractivity contribution in [1.29, 1.82) is 0 Å². The molecule has 0 aliphatic carbocycles. The van der Waals surface area contributed by atoms with E-state index in [0.717, 1.165) is 44.7 Å². The third kappa shape index (κ3) is 4.32. The summed E-state index contributed by atoms with van der Waals surface area (Å²) < 4.78 is 28.9. The first-order valence-corrected chi connectivity index (χ1v) is 9.18. The quantitative estimate of drug-likeness (QED) is 0.878. The number of nitrogens with zero attached hydrogens (tertiary/aromatic N) is 1. The Kier molecular flexibility index (Phi) is 5.48. The van der Waals surface area contributed by atoms with Gasteiger partial charge < -0.3 is 15.0 Å². The number of hydrogen-bond acceptors (Lipinski definition) is 5. The van der Waals surface area contributed by atoms with Gasteiger partial charge in [0.1, 0.15) is 4.90 Å². The second-order valence-corrected chi connectivity index (χ2v) is 7.61. The van der Waals surface area contributed by atoms with Gasteiger partial charge in [-0.25, -0.2) is 8.42 Å². The van der Waals surface area contributed by atoms with Crippen LogP contribution >= 0.6 is 11.6 Å². The molecule has 1 heterocycles. The lowest BCUT2D eigenvalue weighted by molar-refractivity contribution is 0.244. The molecule has 0 spiro atoms. The van der Waals surface area contributed by atoms with Gasteiger partial charge in [0.25, 0.3) is 0 Å². The molecular formula is C14H21ClN2O3S. The molecule has 1 aliphatic rings. The van der Waals surface area contributed by atoms with Gasteiger partial charge in [-0.05, 0) is 24.1 Å². The van der Waals surface area contributed by atoms with Crippen LogP contribution in [0.1, 0.15) is 5.56 Å². The average molecular weight is 333 g/mol. The number of piperazine rings is 1. The maximum atomic E-state index is 11.9. The molecule has 5 nitrogen and oxygen atoms in total. The molecule has 1 N–H and O–H groups in total. The summed E-state index contributed by atoms with van der Waals surface area (Å²) in [5, 5.41) is 3.65. The Hall–Kier alpha value is -0.820. The number of methoxy groups -OCH3 is 1. The number of hydrogen-bond donors (Lipinski definition) is 1. The van der Waals surface area contributed by atoms with Gasteiger partial charge in [0.2, 0.25) is 0 Å². The molecule has 7 heteroatoms. The summed E-state index contributed by atoms with van der Waals surface area (Å²) in [5.41, 5.74) is 0.916. The van der Waals surface area contributed by atoms with Crippen molar-refractivity contribution in [2.45, 2.75) is 11.3 Å². The molecule has 2 rings (SSSR count). The fraction of sp³-hybridized carbons (Fsp3) is 0.571. The molecule has 1 aromatic rings. The number of sulfone groups is 1. The van der Waals surface area contributed by atoms with Crippen LogP contribution in [-0.2, 0) is 16.3 Å². The largest absolute Gasteiger partial charge is 0.494 e. The van der Waals surface area contributed by atoms with Gasteiger partial charge in [-0.1, -0.05) is 11.6 Å². The van der Waals surface area contributed by atoms with Crippen molar-refractivity contribution in [1.82, 2.24) is 10.2 Å². The second-order valence-electron chi connectivity index (χ2n) is 5.22. The lowest BCUT2D eigenvalue weighted by atomic mass is 10.1. The SMILES string of the molecule is COc1c(Cl)cc(CCN2CCNCC2)cc1S(C)(=O)=O. The minimum Gasteiger partial charge on any atom is -0.494 e. The van der Waals surface area contributed by atoms with E-state index in [1.807, 2.05) is 0 Å². The normalized spacial score (nSPS) is 16.9. The predicted octanol–water partition coefficient (Wildman–Crippen LogP) is 1.20. The fourth-order valence-corrected chi connectivity index (χ4v) is 3.73. The third-order valence-electron chi connectivity index (χ3n) is 3.60. The van der Waals surface area contributed by atoms with E-state index in [1.54, 1.807) is 12.1 Å². The van der Waals surface area contributed by atoms with Gasteiger partial charge in [-0.3, -0.25) is 0 Å². The zero-order valence-corrected chi connectivity index (χ0v) is 13.9. The zero-order chi connectivity index (χ0) is 15.5. The minimum absolute atomic E-state index is 0.160. The summed E-state index contributed by atoms with van der Waals surface area (Å²) in [6, 6.07) is 3.46. The van der Waals surface area contributed by atoms with Crippen LogP contribution in [0.15, 0.2) is 17.0 Å². The molecule has 0 atom stereocenters. The van der Waals surface area contributed by atoms with E-state index in [4.69, 9.17) is 16.3 Å². The van der Waals surface area contributed by atoms with Crippen molar-refractivity contribution in [3.63, 3.8) is 0 Å². The predicted molar refractivity (Wildman–Crippen MR) is 84.1 cm³/mol. The third-order valence-corrected chi connectivity index (χ3v) is 4.98. The van der Waals surface area contributed by atoms with Crippen LogP contribution in [0.2, 0.25) is 5.02 Å². The van der Waals surface area contributed by atoms with E-state index < -0.39 is 9.84 Å². The highest BCUT2D eigenvalue weighted by atomic mass is 35.5. The number of halogens is 1. The molecular weight excluding hydrogens is 312 g/mol. The van der Waals surface area contributed by atoms with Gasteiger partial charge in [0.05, 0.1) is 12.1 Å². The molecule has 1 saturated heterocycles. The van der Waals surface area contributed by atoms with Gasteiger partial charge in [0, 0.05) is 39.0 Å². The van der Waals surface area contributed by atoms with Crippen molar-refractivity contribution in [2.75, 3.05) is 46.1 Å². The highest BCUT2D eigenvalue weighted by Crippen LogP contribution is 2.33. The first-order chi connectivity index (χ1) is 9.91. The van der Waals surface area contributed by atoms with E-state index in [2.05, 4.69) is 10.2 Å². The molecule has 0 unspecified atom stereocenters.